The minimum absolute atomic E-state index is 0.189. The number of carbonyl (C=O) groups excluding carboxylic acids is 1. The van der Waals surface area contributed by atoms with E-state index in [0.717, 1.165) is 41.2 Å². The second-order valence-corrected chi connectivity index (χ2v) is 8.83. The minimum Gasteiger partial charge on any atom is -0.383 e. The van der Waals surface area contributed by atoms with Crippen LogP contribution in [0.3, 0.4) is 0 Å². The van der Waals surface area contributed by atoms with E-state index in [1.54, 1.807) is 6.20 Å². The summed E-state index contributed by atoms with van der Waals surface area (Å²) in [5, 5.41) is 7.28. The molecule has 8 nitrogen and oxygen atoms in total. The van der Waals surface area contributed by atoms with Crippen LogP contribution in [0.25, 0.3) is 17.3 Å². The van der Waals surface area contributed by atoms with Crippen molar-refractivity contribution in [3.8, 4) is 11.3 Å². The number of hydrogen-bond donors (Lipinski definition) is 2. The Balaban J connectivity index is 1.47. The van der Waals surface area contributed by atoms with Crippen LogP contribution in [-0.4, -0.2) is 41.2 Å². The Morgan fingerprint density at radius 3 is 2.56 bits per heavy atom. The number of amides is 1. The van der Waals surface area contributed by atoms with Gasteiger partial charge >= 0.3 is 0 Å². The molecular weight excluding hydrogens is 428 g/mol. The lowest BCUT2D eigenvalue weighted by atomic mass is 10.0. The van der Waals surface area contributed by atoms with E-state index in [9.17, 15) is 4.79 Å². The SMILES string of the molecule is Cc1cc(-c2cc3c(c(Nc4ccc(N5C[C@@H](C)O[C@@H](C)C5)cc4)n2)C(=O)[N]C=C3)cnc1N. The van der Waals surface area contributed by atoms with Crippen molar-refractivity contribution < 1.29 is 9.53 Å². The van der Waals surface area contributed by atoms with Crippen molar-refractivity contribution in [2.24, 2.45) is 0 Å². The Labute approximate surface area is 198 Å². The molecule has 0 bridgehead atoms. The van der Waals surface area contributed by atoms with Crippen molar-refractivity contribution >= 4 is 35.0 Å². The largest absolute Gasteiger partial charge is 0.383 e. The van der Waals surface area contributed by atoms with Crippen LogP contribution in [0.5, 0.6) is 0 Å². The maximum Gasteiger partial charge on any atom is 0.281 e. The highest BCUT2D eigenvalue weighted by Gasteiger charge is 2.24. The van der Waals surface area contributed by atoms with Gasteiger partial charge in [-0.05, 0) is 74.4 Å². The first-order chi connectivity index (χ1) is 16.4. The lowest BCUT2D eigenvalue weighted by Gasteiger charge is -2.36. The van der Waals surface area contributed by atoms with Gasteiger partial charge in [-0.15, -0.1) is 0 Å². The molecule has 2 atom stereocenters. The predicted octanol–water partition coefficient (Wildman–Crippen LogP) is 4.12. The number of nitrogen functional groups attached to an aromatic ring is 1. The van der Waals surface area contributed by atoms with E-state index in [1.807, 2.05) is 37.3 Å². The molecule has 1 amide bonds. The number of aromatic nitrogens is 2. The molecule has 34 heavy (non-hydrogen) atoms. The van der Waals surface area contributed by atoms with Crippen molar-refractivity contribution in [1.82, 2.24) is 15.3 Å². The molecule has 1 fully saturated rings. The molecule has 2 aliphatic rings. The molecule has 1 radical (unpaired) electrons. The van der Waals surface area contributed by atoms with E-state index in [4.69, 9.17) is 15.5 Å². The summed E-state index contributed by atoms with van der Waals surface area (Å²) in [5.74, 6) is 0.623. The zero-order valence-corrected chi connectivity index (χ0v) is 19.4. The topological polar surface area (TPSA) is 107 Å². The fourth-order valence-electron chi connectivity index (χ4n) is 4.42. The van der Waals surface area contributed by atoms with Crippen molar-refractivity contribution in [1.29, 1.82) is 0 Å². The van der Waals surface area contributed by atoms with E-state index in [1.165, 1.54) is 6.20 Å². The number of carbonyl (C=O) groups is 1. The van der Waals surface area contributed by atoms with Crippen LogP contribution < -0.4 is 21.3 Å². The zero-order chi connectivity index (χ0) is 23.8. The molecule has 3 N–H and O–H groups in total. The second kappa shape index (κ2) is 8.79. The standard InChI is InChI=1S/C26H27N6O2/c1-15-10-19(12-29-24(15)27)22-11-18-8-9-28-26(33)23(18)25(31-22)30-20-4-6-21(7-5-20)32-13-16(2)34-17(3)14-32/h4-12,16-17H,13-14H2,1-3H3,(H2,27,29)(H,30,31)/t16-,17+. The molecule has 1 aromatic carbocycles. The Kier molecular flexibility index (Phi) is 5.67. The summed E-state index contributed by atoms with van der Waals surface area (Å²) in [5.41, 5.74) is 11.5. The number of rotatable bonds is 4. The van der Waals surface area contributed by atoms with Crippen LogP contribution in [0.15, 0.2) is 48.8 Å². The Morgan fingerprint density at radius 2 is 1.85 bits per heavy atom. The zero-order valence-electron chi connectivity index (χ0n) is 19.4. The van der Waals surface area contributed by atoms with Gasteiger partial charge in [0.15, 0.2) is 0 Å². The molecule has 2 aliphatic heterocycles. The molecule has 2 aromatic heterocycles. The molecule has 1 saturated heterocycles. The fourth-order valence-corrected chi connectivity index (χ4v) is 4.42. The summed E-state index contributed by atoms with van der Waals surface area (Å²) >= 11 is 0. The Morgan fingerprint density at radius 1 is 1.12 bits per heavy atom. The first-order valence-electron chi connectivity index (χ1n) is 11.3. The number of nitrogens with zero attached hydrogens (tertiary/aromatic N) is 4. The number of pyridine rings is 2. The average Bonchev–Trinajstić information content (AvgIpc) is 2.80. The number of ether oxygens (including phenoxy) is 1. The molecule has 3 aromatic rings. The third-order valence-electron chi connectivity index (χ3n) is 6.04. The summed E-state index contributed by atoms with van der Waals surface area (Å²) in [7, 11) is 0. The smallest absolute Gasteiger partial charge is 0.281 e. The van der Waals surface area contributed by atoms with Gasteiger partial charge in [-0.25, -0.2) is 15.3 Å². The van der Waals surface area contributed by atoms with Crippen LogP contribution >= 0.6 is 0 Å². The third kappa shape index (κ3) is 4.32. The molecule has 0 aliphatic carbocycles. The highest BCUT2D eigenvalue weighted by Crippen LogP contribution is 2.31. The third-order valence-corrected chi connectivity index (χ3v) is 6.04. The van der Waals surface area contributed by atoms with Gasteiger partial charge in [0.2, 0.25) is 0 Å². The van der Waals surface area contributed by atoms with Crippen molar-refractivity contribution in [3.05, 3.63) is 65.5 Å². The van der Waals surface area contributed by atoms with Gasteiger partial charge in [0.1, 0.15) is 11.6 Å². The fraction of sp³-hybridized carbons (Fsp3) is 0.269. The van der Waals surface area contributed by atoms with Gasteiger partial charge in [-0.2, -0.15) is 0 Å². The van der Waals surface area contributed by atoms with E-state index in [0.29, 0.717) is 22.9 Å². The number of aryl methyl sites for hydroxylation is 1. The lowest BCUT2D eigenvalue weighted by molar-refractivity contribution is -0.00521. The number of morpholine rings is 1. The summed E-state index contributed by atoms with van der Waals surface area (Å²) in [6.45, 7) is 7.80. The maximum absolute atomic E-state index is 12.6. The van der Waals surface area contributed by atoms with Crippen molar-refractivity contribution in [3.63, 3.8) is 0 Å². The molecule has 173 valence electrons. The number of fused-ring (bicyclic) bond motifs is 1. The lowest BCUT2D eigenvalue weighted by Crippen LogP contribution is -2.45. The van der Waals surface area contributed by atoms with Gasteiger partial charge in [-0.1, -0.05) is 0 Å². The highest BCUT2D eigenvalue weighted by atomic mass is 16.5. The summed E-state index contributed by atoms with van der Waals surface area (Å²) in [4.78, 5) is 24.0. The Bertz CT molecular complexity index is 1260. The molecule has 0 spiro atoms. The minimum atomic E-state index is -0.321. The molecule has 0 unspecified atom stereocenters. The second-order valence-electron chi connectivity index (χ2n) is 8.83. The predicted molar refractivity (Wildman–Crippen MR) is 134 cm³/mol. The normalized spacial score (nSPS) is 19.5. The number of hydrogen-bond acceptors (Lipinski definition) is 7. The van der Waals surface area contributed by atoms with Gasteiger partial charge in [-0.3, -0.25) is 4.79 Å². The summed E-state index contributed by atoms with van der Waals surface area (Å²) in [6, 6.07) is 12.0. The van der Waals surface area contributed by atoms with E-state index in [2.05, 4.69) is 46.5 Å². The molecule has 0 saturated carbocycles. The van der Waals surface area contributed by atoms with Gasteiger partial charge in [0.05, 0.1) is 23.5 Å². The van der Waals surface area contributed by atoms with Crippen molar-refractivity contribution in [2.75, 3.05) is 29.0 Å². The van der Waals surface area contributed by atoms with Crippen LogP contribution in [-0.2, 0) is 4.74 Å². The quantitative estimate of drug-likeness (QED) is 0.609. The molecule has 8 heteroatoms. The highest BCUT2D eigenvalue weighted by molar-refractivity contribution is 6.05. The summed E-state index contributed by atoms with van der Waals surface area (Å²) in [6.07, 6.45) is 5.40. The van der Waals surface area contributed by atoms with E-state index in [-0.39, 0.29) is 18.1 Å². The van der Waals surface area contributed by atoms with Gasteiger partial charge in [0, 0.05) is 42.4 Å². The van der Waals surface area contributed by atoms with E-state index < -0.39 is 0 Å². The van der Waals surface area contributed by atoms with Crippen molar-refractivity contribution in [2.45, 2.75) is 33.0 Å². The number of nitrogens with one attached hydrogen (secondary N) is 1. The molecule has 4 heterocycles. The monoisotopic (exact) mass is 455 g/mol. The number of benzene rings is 1. The maximum atomic E-state index is 12.6. The average molecular weight is 456 g/mol. The van der Waals surface area contributed by atoms with Gasteiger partial charge < -0.3 is 20.7 Å². The number of nitrogens with two attached hydrogens (primary N) is 1. The van der Waals surface area contributed by atoms with Crippen LogP contribution in [0.2, 0.25) is 0 Å². The van der Waals surface area contributed by atoms with Crippen LogP contribution in [0, 0.1) is 6.92 Å². The first kappa shape index (κ1) is 21.9. The Hall–Kier alpha value is -3.91. The van der Waals surface area contributed by atoms with E-state index >= 15 is 0 Å². The van der Waals surface area contributed by atoms with Crippen LogP contribution in [0.4, 0.5) is 23.0 Å². The van der Waals surface area contributed by atoms with Gasteiger partial charge in [0.25, 0.3) is 5.91 Å². The first-order valence-corrected chi connectivity index (χ1v) is 11.3. The molecular formula is C26H27N6O2. The molecule has 5 rings (SSSR count). The van der Waals surface area contributed by atoms with Crippen LogP contribution in [0.1, 0.15) is 35.3 Å². The summed E-state index contributed by atoms with van der Waals surface area (Å²) < 4.78 is 5.85. The number of anilines is 4.